The minimum atomic E-state index is 0. The third-order valence-electron chi connectivity index (χ3n) is 6.21. The van der Waals surface area contributed by atoms with Crippen LogP contribution in [-0.2, 0) is 0 Å². The van der Waals surface area contributed by atoms with Crippen LogP contribution in [0.15, 0.2) is 65.8 Å². The summed E-state index contributed by atoms with van der Waals surface area (Å²) in [7, 11) is 0. The number of benzene rings is 1. The maximum absolute atomic E-state index is 4.20. The molecule has 0 aliphatic heterocycles. The first-order valence-corrected chi connectivity index (χ1v) is 11.6. The van der Waals surface area contributed by atoms with E-state index in [0.717, 1.165) is 5.92 Å². The highest BCUT2D eigenvalue weighted by atomic mass is 14.2. The molecule has 1 aliphatic carbocycles. The van der Waals surface area contributed by atoms with E-state index in [4.69, 9.17) is 0 Å². The van der Waals surface area contributed by atoms with Gasteiger partial charge in [-0.3, -0.25) is 0 Å². The fraction of sp³-hybridized carbons (Fsp3) is 0.562. The second-order valence-electron chi connectivity index (χ2n) is 11.0. The summed E-state index contributed by atoms with van der Waals surface area (Å²) in [6.07, 6.45) is 10.3. The van der Waals surface area contributed by atoms with Crippen LogP contribution in [0.3, 0.4) is 0 Å². The van der Waals surface area contributed by atoms with E-state index in [9.17, 15) is 0 Å². The van der Waals surface area contributed by atoms with Crippen LogP contribution < -0.4 is 0 Å². The zero-order valence-corrected chi connectivity index (χ0v) is 22.4. The molecule has 0 nitrogen and oxygen atoms in total. The summed E-state index contributed by atoms with van der Waals surface area (Å²) >= 11 is 0. The van der Waals surface area contributed by atoms with Gasteiger partial charge < -0.3 is 0 Å². The Labute approximate surface area is 219 Å². The molecule has 0 bridgehead atoms. The molecular formula is C32H54B2. The molecule has 2 heteroatoms. The molecule has 1 saturated carbocycles. The summed E-state index contributed by atoms with van der Waals surface area (Å²) in [5.41, 5.74) is 8.13. The van der Waals surface area contributed by atoms with E-state index >= 15 is 0 Å². The first kappa shape index (κ1) is 39.5. The molecule has 1 aromatic rings. The molecule has 0 spiro atoms. The van der Waals surface area contributed by atoms with Crippen molar-refractivity contribution in [1.82, 2.24) is 0 Å². The minimum Gasteiger partial charge on any atom is -0.0950 e. The molecule has 0 saturated heterocycles. The molecule has 34 heavy (non-hydrogen) atoms. The molecule has 1 aliphatic rings. The molecule has 0 heterocycles. The largest absolute Gasteiger partial charge is 0.0950 e. The van der Waals surface area contributed by atoms with Gasteiger partial charge in [0, 0.05) is 16.8 Å². The maximum Gasteiger partial charge on any atom is 0 e. The summed E-state index contributed by atoms with van der Waals surface area (Å²) < 4.78 is 0. The lowest BCUT2D eigenvalue weighted by molar-refractivity contribution is 0.510. The Morgan fingerprint density at radius 3 is 1.62 bits per heavy atom. The van der Waals surface area contributed by atoms with Crippen LogP contribution in [0.25, 0.3) is 6.08 Å². The van der Waals surface area contributed by atoms with Gasteiger partial charge in [0.15, 0.2) is 0 Å². The molecule has 0 aromatic heterocycles. The molecular weight excluding hydrogens is 406 g/mol. The van der Waals surface area contributed by atoms with E-state index in [2.05, 4.69) is 112 Å². The first-order valence-electron chi connectivity index (χ1n) is 11.6. The topological polar surface area (TPSA) is 0 Å². The number of aryl methyl sites for hydroxylation is 1. The van der Waals surface area contributed by atoms with E-state index in [1.807, 2.05) is 0 Å². The van der Waals surface area contributed by atoms with Gasteiger partial charge in [0.05, 0.1) is 0 Å². The highest BCUT2D eigenvalue weighted by Gasteiger charge is 2.18. The maximum atomic E-state index is 4.20. The van der Waals surface area contributed by atoms with E-state index in [1.165, 1.54) is 59.1 Å². The summed E-state index contributed by atoms with van der Waals surface area (Å²) in [6, 6.07) is 8.43. The fourth-order valence-corrected chi connectivity index (χ4v) is 3.83. The van der Waals surface area contributed by atoms with Crippen LogP contribution >= 0.6 is 0 Å². The van der Waals surface area contributed by atoms with Crippen molar-refractivity contribution in [3.8, 4) is 0 Å². The van der Waals surface area contributed by atoms with Gasteiger partial charge >= 0.3 is 0 Å². The Morgan fingerprint density at radius 2 is 1.21 bits per heavy atom. The predicted octanol–water partition coefficient (Wildman–Crippen LogP) is 10.2. The third kappa shape index (κ3) is 13.3. The molecule has 1 aromatic carbocycles. The van der Waals surface area contributed by atoms with Gasteiger partial charge in [0.2, 0.25) is 0 Å². The van der Waals surface area contributed by atoms with E-state index in [-0.39, 0.29) is 42.5 Å². The second kappa shape index (κ2) is 16.9. The Balaban J connectivity index is -0.000000238. The standard InChI is InChI=1S/C16H22.C14H24.2CH4.2B/c1-12-9-7-8-10-15(12)11-13(2)14(3)16(4,5)6;1-11(12(2)14(3,4)5)10-13-8-6-7-9-13;;;;/h7-11H,3H2,1-2,4-6H3;10,13H,2,6-9H2,1,3-5H3;2*1H4;;/b13-11+;11-10+;;;;. The second-order valence-corrected chi connectivity index (χ2v) is 11.0. The van der Waals surface area contributed by atoms with Gasteiger partial charge in [-0.1, -0.05) is 124 Å². The van der Waals surface area contributed by atoms with Crippen molar-refractivity contribution >= 4 is 22.9 Å². The molecule has 188 valence electrons. The van der Waals surface area contributed by atoms with Gasteiger partial charge in [-0.05, 0) is 78.2 Å². The van der Waals surface area contributed by atoms with E-state index < -0.39 is 0 Å². The number of hydrogen-bond donors (Lipinski definition) is 0. The summed E-state index contributed by atoms with van der Waals surface area (Å²) in [4.78, 5) is 0. The number of rotatable bonds is 4. The van der Waals surface area contributed by atoms with Crippen LogP contribution in [0.1, 0.15) is 107 Å². The Bertz CT molecular complexity index is 789. The lowest BCUT2D eigenvalue weighted by Gasteiger charge is -2.23. The first-order chi connectivity index (χ1) is 13.7. The summed E-state index contributed by atoms with van der Waals surface area (Å²) in [5.74, 6) is 0.828. The van der Waals surface area contributed by atoms with Crippen molar-refractivity contribution in [2.24, 2.45) is 16.7 Å². The highest BCUT2D eigenvalue weighted by Crippen LogP contribution is 2.33. The molecule has 2 rings (SSSR count). The fourth-order valence-electron chi connectivity index (χ4n) is 3.83. The third-order valence-corrected chi connectivity index (χ3v) is 6.21. The lowest BCUT2D eigenvalue weighted by Crippen LogP contribution is -2.09. The monoisotopic (exact) mass is 460 g/mol. The minimum absolute atomic E-state index is 0. The zero-order valence-electron chi connectivity index (χ0n) is 22.4. The van der Waals surface area contributed by atoms with Gasteiger partial charge in [-0.15, -0.1) is 0 Å². The molecule has 0 atom stereocenters. The molecule has 1 fully saturated rings. The van der Waals surface area contributed by atoms with Crippen LogP contribution in [0.5, 0.6) is 0 Å². The van der Waals surface area contributed by atoms with Crippen molar-refractivity contribution in [3.63, 3.8) is 0 Å². The van der Waals surface area contributed by atoms with Crippen molar-refractivity contribution in [3.05, 3.63) is 76.9 Å². The lowest BCUT2D eigenvalue weighted by atomic mass is 9.82. The van der Waals surface area contributed by atoms with Gasteiger partial charge in [-0.25, -0.2) is 0 Å². The van der Waals surface area contributed by atoms with Gasteiger partial charge in [-0.2, -0.15) is 0 Å². The molecule has 0 N–H and O–H groups in total. The van der Waals surface area contributed by atoms with Crippen LogP contribution in [0.2, 0.25) is 0 Å². The van der Waals surface area contributed by atoms with E-state index in [0.29, 0.717) is 0 Å². The molecule has 0 amide bonds. The normalized spacial score (nSPS) is 14.3. The average molecular weight is 460 g/mol. The quantitative estimate of drug-likeness (QED) is 0.310. The zero-order chi connectivity index (χ0) is 23.1. The van der Waals surface area contributed by atoms with E-state index in [1.54, 1.807) is 0 Å². The van der Waals surface area contributed by atoms with Gasteiger partial charge in [0.25, 0.3) is 0 Å². The highest BCUT2D eigenvalue weighted by molar-refractivity contribution is 5.76. The van der Waals surface area contributed by atoms with Crippen LogP contribution in [-0.4, -0.2) is 16.8 Å². The van der Waals surface area contributed by atoms with Crippen molar-refractivity contribution in [2.75, 3.05) is 0 Å². The van der Waals surface area contributed by atoms with Crippen molar-refractivity contribution < 1.29 is 0 Å². The predicted molar refractivity (Wildman–Crippen MR) is 163 cm³/mol. The number of allylic oxidation sites excluding steroid dienone is 5. The van der Waals surface area contributed by atoms with Crippen molar-refractivity contribution in [2.45, 2.75) is 103 Å². The average Bonchev–Trinajstić information content (AvgIpc) is 3.14. The molecule has 0 unspecified atom stereocenters. The summed E-state index contributed by atoms with van der Waals surface area (Å²) in [6.45, 7) is 28.2. The SMILES string of the molecule is C.C.C=C(/C(C)=C/C1CCCC1)C(C)(C)C.C=C(/C(C)=C/c1ccccc1C)C(C)(C)C.[B].[B]. The van der Waals surface area contributed by atoms with Crippen LogP contribution in [0.4, 0.5) is 0 Å². The van der Waals surface area contributed by atoms with Crippen LogP contribution in [0, 0.1) is 23.7 Å². The molecule has 6 radical (unpaired) electrons. The summed E-state index contributed by atoms with van der Waals surface area (Å²) in [5, 5.41) is 0. The smallest absolute Gasteiger partial charge is 0 e. The Kier molecular flexibility index (Phi) is 19.6. The number of hydrogen-bond acceptors (Lipinski definition) is 0. The van der Waals surface area contributed by atoms with Crippen molar-refractivity contribution in [1.29, 1.82) is 0 Å². The Hall–Kier alpha value is -1.69. The van der Waals surface area contributed by atoms with Gasteiger partial charge in [0.1, 0.15) is 0 Å². The Morgan fingerprint density at radius 1 is 0.794 bits per heavy atom.